The number of benzene rings is 1. The first-order chi connectivity index (χ1) is 12.1. The van der Waals surface area contributed by atoms with E-state index < -0.39 is 0 Å². The summed E-state index contributed by atoms with van der Waals surface area (Å²) in [6, 6.07) is 6.96. The molecule has 0 bridgehead atoms. The highest BCUT2D eigenvalue weighted by atomic mass is 35.5. The van der Waals surface area contributed by atoms with Crippen LogP contribution in [0, 0.1) is 0 Å². The first-order valence-electron chi connectivity index (χ1n) is 7.97. The molecule has 0 saturated carbocycles. The zero-order chi connectivity index (χ0) is 17.6. The van der Waals surface area contributed by atoms with E-state index in [4.69, 9.17) is 27.9 Å². The molecule has 0 spiro atoms. The Balaban J connectivity index is 1.60. The Hall–Kier alpha value is -1.31. The van der Waals surface area contributed by atoms with Gasteiger partial charge in [0.05, 0.1) is 29.3 Å². The SMILES string of the molecule is O=C(NCC(c1ccsc1)N1CCOCC1)Nc1ccc(Cl)c(Cl)c1. The van der Waals surface area contributed by atoms with Crippen LogP contribution in [0.25, 0.3) is 0 Å². The normalized spacial score (nSPS) is 16.4. The van der Waals surface area contributed by atoms with E-state index in [1.54, 1.807) is 29.5 Å². The van der Waals surface area contributed by atoms with Gasteiger partial charge in [-0.3, -0.25) is 4.90 Å². The predicted octanol–water partition coefficient (Wildman–Crippen LogP) is 4.25. The number of carbonyl (C=O) groups excluding carboxylic acids is 1. The molecule has 1 aliphatic rings. The molecule has 5 nitrogen and oxygen atoms in total. The van der Waals surface area contributed by atoms with E-state index in [1.165, 1.54) is 5.56 Å². The van der Waals surface area contributed by atoms with Crippen LogP contribution in [0.2, 0.25) is 10.0 Å². The van der Waals surface area contributed by atoms with Crippen LogP contribution in [0.1, 0.15) is 11.6 Å². The molecule has 3 rings (SSSR count). The number of hydrogen-bond acceptors (Lipinski definition) is 4. The fourth-order valence-corrected chi connectivity index (χ4v) is 3.76. The molecule has 1 saturated heterocycles. The molecule has 1 fully saturated rings. The number of thiophene rings is 1. The van der Waals surface area contributed by atoms with Gasteiger partial charge in [0.2, 0.25) is 0 Å². The van der Waals surface area contributed by atoms with Crippen molar-refractivity contribution in [3.63, 3.8) is 0 Å². The number of halogens is 2. The molecule has 2 heterocycles. The highest BCUT2D eigenvalue weighted by Gasteiger charge is 2.23. The number of nitrogens with one attached hydrogen (secondary N) is 2. The van der Waals surface area contributed by atoms with Crippen molar-refractivity contribution in [2.75, 3.05) is 38.2 Å². The molecule has 134 valence electrons. The average Bonchev–Trinajstić information content (AvgIpc) is 3.14. The third-order valence-electron chi connectivity index (χ3n) is 4.05. The third-order valence-corrected chi connectivity index (χ3v) is 5.49. The molecule has 1 unspecified atom stereocenters. The van der Waals surface area contributed by atoms with Crippen LogP contribution in [-0.2, 0) is 4.74 Å². The maximum Gasteiger partial charge on any atom is 0.319 e. The summed E-state index contributed by atoms with van der Waals surface area (Å²) in [6.45, 7) is 3.67. The maximum atomic E-state index is 12.2. The minimum Gasteiger partial charge on any atom is -0.379 e. The van der Waals surface area contributed by atoms with Crippen molar-refractivity contribution in [1.82, 2.24) is 10.2 Å². The van der Waals surface area contributed by atoms with E-state index in [1.807, 2.05) is 0 Å². The Morgan fingerprint density at radius 3 is 2.72 bits per heavy atom. The molecular weight excluding hydrogens is 381 g/mol. The van der Waals surface area contributed by atoms with Gasteiger partial charge in [-0.15, -0.1) is 0 Å². The standard InChI is InChI=1S/C17H19Cl2N3O2S/c18-14-2-1-13(9-15(14)19)21-17(23)20-10-16(12-3-8-25-11-12)22-4-6-24-7-5-22/h1-3,8-9,11,16H,4-7,10H2,(H2,20,21,23). The number of ether oxygens (including phenoxy) is 1. The Morgan fingerprint density at radius 2 is 2.04 bits per heavy atom. The van der Waals surface area contributed by atoms with E-state index in [0.717, 1.165) is 26.3 Å². The molecule has 1 atom stereocenters. The van der Waals surface area contributed by atoms with Gasteiger partial charge in [0, 0.05) is 25.3 Å². The summed E-state index contributed by atoms with van der Waals surface area (Å²) in [5.74, 6) is 0. The number of rotatable bonds is 5. The van der Waals surface area contributed by atoms with Gasteiger partial charge >= 0.3 is 6.03 Å². The van der Waals surface area contributed by atoms with Gasteiger partial charge < -0.3 is 15.4 Å². The number of nitrogens with zero attached hydrogens (tertiary/aromatic N) is 1. The van der Waals surface area contributed by atoms with Crippen molar-refractivity contribution >= 4 is 46.3 Å². The number of anilines is 1. The van der Waals surface area contributed by atoms with Gasteiger partial charge in [0.25, 0.3) is 0 Å². The lowest BCUT2D eigenvalue weighted by Gasteiger charge is -2.34. The largest absolute Gasteiger partial charge is 0.379 e. The molecule has 8 heteroatoms. The fraction of sp³-hybridized carbons (Fsp3) is 0.353. The summed E-state index contributed by atoms with van der Waals surface area (Å²) in [5.41, 5.74) is 1.81. The summed E-state index contributed by atoms with van der Waals surface area (Å²) in [6.07, 6.45) is 0. The van der Waals surface area contributed by atoms with E-state index in [-0.39, 0.29) is 12.1 Å². The lowest BCUT2D eigenvalue weighted by atomic mass is 10.1. The van der Waals surface area contributed by atoms with Crippen LogP contribution in [0.3, 0.4) is 0 Å². The molecular formula is C17H19Cl2N3O2S. The highest BCUT2D eigenvalue weighted by molar-refractivity contribution is 7.08. The van der Waals surface area contributed by atoms with Gasteiger partial charge in [0.15, 0.2) is 0 Å². The van der Waals surface area contributed by atoms with Crippen molar-refractivity contribution in [2.45, 2.75) is 6.04 Å². The van der Waals surface area contributed by atoms with Crippen molar-refractivity contribution in [3.05, 3.63) is 50.6 Å². The fourth-order valence-electron chi connectivity index (χ4n) is 2.75. The Morgan fingerprint density at radius 1 is 1.24 bits per heavy atom. The summed E-state index contributed by atoms with van der Waals surface area (Å²) >= 11 is 13.5. The monoisotopic (exact) mass is 399 g/mol. The lowest BCUT2D eigenvalue weighted by Crippen LogP contribution is -2.44. The van der Waals surface area contributed by atoms with Crippen LogP contribution in [-0.4, -0.2) is 43.8 Å². The van der Waals surface area contributed by atoms with E-state index in [0.29, 0.717) is 22.3 Å². The quantitative estimate of drug-likeness (QED) is 0.789. The molecule has 25 heavy (non-hydrogen) atoms. The van der Waals surface area contributed by atoms with Crippen LogP contribution in [0.4, 0.5) is 10.5 Å². The second kappa shape index (κ2) is 8.87. The third kappa shape index (κ3) is 5.09. The first-order valence-corrected chi connectivity index (χ1v) is 9.67. The van der Waals surface area contributed by atoms with Crippen molar-refractivity contribution in [1.29, 1.82) is 0 Å². The number of urea groups is 1. The van der Waals surface area contributed by atoms with Gasteiger partial charge in [0.1, 0.15) is 0 Å². The molecule has 2 N–H and O–H groups in total. The summed E-state index contributed by atoms with van der Waals surface area (Å²) < 4.78 is 5.43. The average molecular weight is 400 g/mol. The smallest absolute Gasteiger partial charge is 0.319 e. The second-order valence-electron chi connectivity index (χ2n) is 5.68. The van der Waals surface area contributed by atoms with Gasteiger partial charge in [-0.2, -0.15) is 11.3 Å². The van der Waals surface area contributed by atoms with Gasteiger partial charge in [-0.25, -0.2) is 4.79 Å². The maximum absolute atomic E-state index is 12.2. The van der Waals surface area contributed by atoms with Crippen LogP contribution >= 0.6 is 34.5 Å². The van der Waals surface area contributed by atoms with Crippen LogP contribution < -0.4 is 10.6 Å². The molecule has 0 aliphatic carbocycles. The Bertz CT molecular complexity index is 706. The minimum atomic E-state index is -0.271. The predicted molar refractivity (Wildman–Crippen MR) is 103 cm³/mol. The van der Waals surface area contributed by atoms with Gasteiger partial charge in [-0.05, 0) is 40.6 Å². The molecule has 1 aromatic heterocycles. The molecule has 1 aliphatic heterocycles. The highest BCUT2D eigenvalue weighted by Crippen LogP contribution is 2.25. The van der Waals surface area contributed by atoms with E-state index >= 15 is 0 Å². The van der Waals surface area contributed by atoms with Crippen molar-refractivity contribution < 1.29 is 9.53 Å². The van der Waals surface area contributed by atoms with E-state index in [9.17, 15) is 4.79 Å². The molecule has 0 radical (unpaired) electrons. The lowest BCUT2D eigenvalue weighted by molar-refractivity contribution is 0.0168. The summed E-state index contributed by atoms with van der Waals surface area (Å²) in [5, 5.41) is 10.8. The second-order valence-corrected chi connectivity index (χ2v) is 7.28. The summed E-state index contributed by atoms with van der Waals surface area (Å²) in [7, 11) is 0. The van der Waals surface area contributed by atoms with Crippen LogP contribution in [0.15, 0.2) is 35.0 Å². The zero-order valence-corrected chi connectivity index (χ0v) is 15.8. The van der Waals surface area contributed by atoms with E-state index in [2.05, 4.69) is 32.4 Å². The number of carbonyl (C=O) groups is 1. The Kier molecular flexibility index (Phi) is 6.56. The van der Waals surface area contributed by atoms with Gasteiger partial charge in [-0.1, -0.05) is 23.2 Å². The first kappa shape index (κ1) is 18.5. The Labute approximate surface area is 160 Å². The number of amides is 2. The van der Waals surface area contributed by atoms with Crippen LogP contribution in [0.5, 0.6) is 0 Å². The summed E-state index contributed by atoms with van der Waals surface area (Å²) in [4.78, 5) is 14.6. The zero-order valence-electron chi connectivity index (χ0n) is 13.5. The molecule has 2 aromatic rings. The molecule has 2 amide bonds. The minimum absolute atomic E-state index is 0.134. The molecule has 1 aromatic carbocycles. The topological polar surface area (TPSA) is 53.6 Å². The van der Waals surface area contributed by atoms with Crippen molar-refractivity contribution in [2.24, 2.45) is 0 Å². The number of morpholine rings is 1. The number of hydrogen-bond donors (Lipinski definition) is 2. The van der Waals surface area contributed by atoms with Crippen molar-refractivity contribution in [3.8, 4) is 0 Å².